The molecule has 0 aromatic heterocycles. The van der Waals surface area contributed by atoms with E-state index in [0.29, 0.717) is 13.0 Å². The van der Waals surface area contributed by atoms with Gasteiger partial charge in [0.1, 0.15) is 0 Å². The first-order valence-electron chi connectivity index (χ1n) is 7.51. The summed E-state index contributed by atoms with van der Waals surface area (Å²) < 4.78 is 0. The average molecular weight is 273 g/mol. The molecule has 0 unspecified atom stereocenters. The van der Waals surface area contributed by atoms with E-state index in [9.17, 15) is 4.79 Å². The summed E-state index contributed by atoms with van der Waals surface area (Å²) in [7, 11) is 1.84. The second-order valence-corrected chi connectivity index (χ2v) is 6.03. The average Bonchev–Trinajstić information content (AvgIpc) is 3.08. The molecule has 2 N–H and O–H groups in total. The van der Waals surface area contributed by atoms with Gasteiger partial charge in [-0.3, -0.25) is 14.8 Å². The minimum Gasteiger partial charge on any atom is -0.330 e. The molecule has 2 aliphatic rings. The van der Waals surface area contributed by atoms with Crippen LogP contribution in [-0.4, -0.2) is 31.1 Å². The summed E-state index contributed by atoms with van der Waals surface area (Å²) in [4.78, 5) is 11.7. The largest absolute Gasteiger partial charge is 0.330 e. The molecule has 4 heteroatoms. The number of amides is 1. The van der Waals surface area contributed by atoms with Crippen molar-refractivity contribution >= 4 is 11.6 Å². The van der Waals surface area contributed by atoms with E-state index in [-0.39, 0.29) is 11.3 Å². The van der Waals surface area contributed by atoms with Crippen molar-refractivity contribution in [3.63, 3.8) is 0 Å². The van der Waals surface area contributed by atoms with E-state index in [4.69, 9.17) is 5.73 Å². The third-order valence-corrected chi connectivity index (χ3v) is 4.97. The molecular weight excluding hydrogens is 250 g/mol. The molecule has 3 rings (SSSR count). The molecule has 1 aromatic carbocycles. The zero-order valence-corrected chi connectivity index (χ0v) is 12.1. The van der Waals surface area contributed by atoms with Crippen LogP contribution in [0.5, 0.6) is 0 Å². The van der Waals surface area contributed by atoms with E-state index in [2.05, 4.69) is 29.3 Å². The molecule has 0 radical (unpaired) electrons. The van der Waals surface area contributed by atoms with E-state index in [0.717, 1.165) is 12.2 Å². The Balaban J connectivity index is 1.92. The number of hydrogen-bond acceptors (Lipinski definition) is 3. The number of carbonyl (C=O) groups is 1. The zero-order chi connectivity index (χ0) is 14.2. The first-order chi connectivity index (χ1) is 9.66. The number of carbonyl (C=O) groups excluding carboxylic acids is 1. The van der Waals surface area contributed by atoms with Crippen LogP contribution in [0.25, 0.3) is 0 Å². The van der Waals surface area contributed by atoms with Crippen molar-refractivity contribution < 1.29 is 4.79 Å². The highest BCUT2D eigenvalue weighted by Gasteiger charge is 2.35. The maximum atomic E-state index is 11.7. The Bertz CT molecular complexity index is 508. The maximum absolute atomic E-state index is 11.7. The molecule has 0 bridgehead atoms. The quantitative estimate of drug-likeness (QED) is 0.917. The summed E-state index contributed by atoms with van der Waals surface area (Å²) in [5, 5.41) is 3.79. The van der Waals surface area contributed by atoms with E-state index >= 15 is 0 Å². The normalized spacial score (nSPS) is 21.8. The molecule has 20 heavy (non-hydrogen) atoms. The van der Waals surface area contributed by atoms with Gasteiger partial charge in [-0.15, -0.1) is 0 Å². The summed E-state index contributed by atoms with van der Waals surface area (Å²) in [6, 6.07) is 8.60. The van der Waals surface area contributed by atoms with Crippen LogP contribution >= 0.6 is 0 Å². The van der Waals surface area contributed by atoms with Gasteiger partial charge >= 0.3 is 0 Å². The molecule has 4 nitrogen and oxygen atoms in total. The Morgan fingerprint density at radius 2 is 2.05 bits per heavy atom. The predicted octanol–water partition coefficient (Wildman–Crippen LogP) is 2.04. The lowest BCUT2D eigenvalue weighted by atomic mass is 9.79. The van der Waals surface area contributed by atoms with Gasteiger partial charge in [0, 0.05) is 32.0 Å². The second-order valence-electron chi connectivity index (χ2n) is 6.03. The highest BCUT2D eigenvalue weighted by atomic mass is 16.2. The first-order valence-corrected chi connectivity index (χ1v) is 7.51. The lowest BCUT2D eigenvalue weighted by Gasteiger charge is -2.31. The van der Waals surface area contributed by atoms with Gasteiger partial charge in [0.15, 0.2) is 0 Å². The van der Waals surface area contributed by atoms with Crippen LogP contribution in [0.3, 0.4) is 0 Å². The van der Waals surface area contributed by atoms with Gasteiger partial charge in [-0.05, 0) is 30.5 Å². The van der Waals surface area contributed by atoms with Gasteiger partial charge in [0.2, 0.25) is 5.91 Å². The minimum atomic E-state index is 0.151. The zero-order valence-electron chi connectivity index (χ0n) is 12.1. The number of nitrogens with two attached hydrogens (primary N) is 1. The number of nitrogens with zero attached hydrogens (tertiary/aromatic N) is 2. The van der Waals surface area contributed by atoms with Crippen LogP contribution in [0.1, 0.15) is 37.7 Å². The monoisotopic (exact) mass is 273 g/mol. The highest BCUT2D eigenvalue weighted by molar-refractivity contribution is 5.81. The van der Waals surface area contributed by atoms with Crippen molar-refractivity contribution in [2.45, 2.75) is 37.5 Å². The number of rotatable bonds is 3. The first kappa shape index (κ1) is 13.4. The number of anilines is 1. The van der Waals surface area contributed by atoms with Gasteiger partial charge in [-0.2, -0.15) is 0 Å². The maximum Gasteiger partial charge on any atom is 0.242 e. The van der Waals surface area contributed by atoms with Crippen molar-refractivity contribution in [2.75, 3.05) is 25.1 Å². The molecule has 2 fully saturated rings. The Labute approximate surface area is 120 Å². The van der Waals surface area contributed by atoms with E-state index in [1.807, 2.05) is 7.05 Å². The summed E-state index contributed by atoms with van der Waals surface area (Å²) in [6.07, 6.45) is 5.50. The van der Waals surface area contributed by atoms with Gasteiger partial charge in [0.25, 0.3) is 0 Å². The Morgan fingerprint density at radius 3 is 2.65 bits per heavy atom. The van der Waals surface area contributed by atoms with Gasteiger partial charge in [-0.25, -0.2) is 0 Å². The highest BCUT2D eigenvalue weighted by Crippen LogP contribution is 2.41. The molecule has 1 amide bonds. The molecule has 0 spiro atoms. The van der Waals surface area contributed by atoms with Crippen LogP contribution in [-0.2, 0) is 10.2 Å². The Morgan fingerprint density at radius 1 is 1.30 bits per heavy atom. The van der Waals surface area contributed by atoms with Crippen LogP contribution in [0.15, 0.2) is 24.3 Å². The van der Waals surface area contributed by atoms with Crippen LogP contribution in [0, 0.1) is 0 Å². The van der Waals surface area contributed by atoms with Crippen molar-refractivity contribution in [2.24, 2.45) is 5.73 Å². The molecule has 1 aliphatic carbocycles. The Hall–Kier alpha value is -1.55. The molecule has 1 aliphatic heterocycles. The molecule has 0 atom stereocenters. The molecule has 108 valence electrons. The third kappa shape index (κ3) is 2.08. The van der Waals surface area contributed by atoms with Crippen molar-refractivity contribution in [1.82, 2.24) is 5.01 Å². The second kappa shape index (κ2) is 5.09. The molecule has 1 saturated heterocycles. The molecular formula is C16H23N3O. The molecule has 1 heterocycles. The predicted molar refractivity (Wildman–Crippen MR) is 80.4 cm³/mol. The molecule has 1 saturated carbocycles. The van der Waals surface area contributed by atoms with Crippen molar-refractivity contribution in [1.29, 1.82) is 0 Å². The summed E-state index contributed by atoms with van der Waals surface area (Å²) in [6.45, 7) is 1.49. The fourth-order valence-corrected chi connectivity index (χ4v) is 3.61. The fraction of sp³-hybridized carbons (Fsp3) is 0.562. The van der Waals surface area contributed by atoms with E-state index in [1.54, 1.807) is 5.01 Å². The van der Waals surface area contributed by atoms with Gasteiger partial charge in [0.05, 0.1) is 5.69 Å². The number of hydrogen-bond donors (Lipinski definition) is 1. The van der Waals surface area contributed by atoms with Crippen LogP contribution in [0.4, 0.5) is 5.69 Å². The third-order valence-electron chi connectivity index (χ3n) is 4.97. The molecule has 1 aromatic rings. The number of hydrazine groups is 1. The topological polar surface area (TPSA) is 49.6 Å². The SMILES string of the molecule is CN1C(=O)CCN1c1cccc(C2(CN)CCCC2)c1. The smallest absolute Gasteiger partial charge is 0.242 e. The lowest BCUT2D eigenvalue weighted by molar-refractivity contribution is -0.126. The van der Waals surface area contributed by atoms with Crippen molar-refractivity contribution in [3.8, 4) is 0 Å². The van der Waals surface area contributed by atoms with E-state index < -0.39 is 0 Å². The summed E-state index contributed by atoms with van der Waals surface area (Å²) >= 11 is 0. The van der Waals surface area contributed by atoms with Crippen molar-refractivity contribution in [3.05, 3.63) is 29.8 Å². The minimum absolute atomic E-state index is 0.151. The number of benzene rings is 1. The van der Waals surface area contributed by atoms with E-state index in [1.165, 1.54) is 31.2 Å². The standard InChI is InChI=1S/C16H23N3O/c1-18-15(20)7-10-19(18)14-6-4-5-13(11-14)16(12-17)8-2-3-9-16/h4-6,11H,2-3,7-10,12,17H2,1H3. The Kier molecular flexibility index (Phi) is 3.42. The lowest BCUT2D eigenvalue weighted by Crippen LogP contribution is -2.36. The van der Waals surface area contributed by atoms with Gasteiger partial charge in [-0.1, -0.05) is 25.0 Å². The van der Waals surface area contributed by atoms with Gasteiger partial charge < -0.3 is 5.73 Å². The fourth-order valence-electron chi connectivity index (χ4n) is 3.61. The summed E-state index contributed by atoms with van der Waals surface area (Å²) in [5.41, 5.74) is 8.67. The summed E-state index contributed by atoms with van der Waals surface area (Å²) in [5.74, 6) is 0.185. The van der Waals surface area contributed by atoms with Crippen LogP contribution < -0.4 is 10.7 Å². The van der Waals surface area contributed by atoms with Crippen LogP contribution in [0.2, 0.25) is 0 Å².